The van der Waals surface area contributed by atoms with Gasteiger partial charge in [0.15, 0.2) is 0 Å². The largest absolute Gasteiger partial charge is 0.444 e. The number of fused-ring (bicyclic) bond motifs is 1. The molecule has 9 heteroatoms. The van der Waals surface area contributed by atoms with E-state index < -0.39 is 17.7 Å². The van der Waals surface area contributed by atoms with Gasteiger partial charge in [-0.2, -0.15) is 0 Å². The van der Waals surface area contributed by atoms with E-state index >= 15 is 0 Å². The molecule has 0 spiro atoms. The van der Waals surface area contributed by atoms with Crippen LogP contribution in [0.25, 0.3) is 10.9 Å². The smallest absolute Gasteiger partial charge is 0.408 e. The topological polar surface area (TPSA) is 78.0 Å². The number of hydrogen-bond acceptors (Lipinski definition) is 7. The fourth-order valence-corrected chi connectivity index (χ4v) is 5.42. The second-order valence-corrected chi connectivity index (χ2v) is 12.8. The van der Waals surface area contributed by atoms with Crippen LogP contribution in [0.1, 0.15) is 66.9 Å². The Morgan fingerprint density at radius 3 is 2.37 bits per heavy atom. The lowest BCUT2D eigenvalue weighted by Crippen LogP contribution is -2.57. The average molecular weight is 584 g/mol. The number of anilines is 1. The van der Waals surface area contributed by atoms with Crippen LogP contribution >= 0.6 is 12.2 Å². The van der Waals surface area contributed by atoms with Crippen molar-refractivity contribution in [3.05, 3.63) is 35.9 Å². The number of nitrogens with one attached hydrogen (secondary N) is 1. The van der Waals surface area contributed by atoms with Gasteiger partial charge in [0, 0.05) is 38.0 Å². The summed E-state index contributed by atoms with van der Waals surface area (Å²) in [5, 5.41) is 3.89. The zero-order chi connectivity index (χ0) is 30.2. The monoisotopic (exact) mass is 583 g/mol. The maximum atomic E-state index is 13.3. The van der Waals surface area contributed by atoms with Crippen molar-refractivity contribution in [2.75, 3.05) is 50.7 Å². The molecule has 1 aliphatic heterocycles. The van der Waals surface area contributed by atoms with E-state index in [0.29, 0.717) is 26.2 Å². The number of carbonyl (C=O) groups excluding carboxylic acids is 2. The number of thiocarbonyl (C=S) groups is 1. The number of alkyl carbamates (subject to hydrolysis) is 1. The highest BCUT2D eigenvalue weighted by atomic mass is 32.1. The number of pyridine rings is 1. The van der Waals surface area contributed by atoms with E-state index in [2.05, 4.69) is 59.3 Å². The van der Waals surface area contributed by atoms with Gasteiger partial charge in [-0.15, -0.1) is 0 Å². The summed E-state index contributed by atoms with van der Waals surface area (Å²) in [6.45, 7) is 19.5. The van der Waals surface area contributed by atoms with Crippen molar-refractivity contribution in [2.24, 2.45) is 5.92 Å². The normalized spacial score (nSPS) is 15.0. The Morgan fingerprint density at radius 1 is 1.07 bits per heavy atom. The first-order chi connectivity index (χ1) is 19.4. The molecule has 1 N–H and O–H groups in total. The number of carbonyl (C=O) groups is 2. The Labute approximate surface area is 251 Å². The summed E-state index contributed by atoms with van der Waals surface area (Å²) in [4.78, 5) is 38.1. The van der Waals surface area contributed by atoms with Gasteiger partial charge in [-0.05, 0) is 93.9 Å². The van der Waals surface area contributed by atoms with Gasteiger partial charge in [-0.25, -0.2) is 9.78 Å². The third-order valence-electron chi connectivity index (χ3n) is 7.48. The Hall–Kier alpha value is -2.78. The number of piperazine rings is 1. The lowest BCUT2D eigenvalue weighted by molar-refractivity contribution is -0.134. The number of hydrogen-bond donors (Lipinski definition) is 1. The molecular formula is C32H49N5O3S. The van der Waals surface area contributed by atoms with E-state index in [4.69, 9.17) is 21.9 Å². The first-order valence-electron chi connectivity index (χ1n) is 15.1. The van der Waals surface area contributed by atoms with Gasteiger partial charge in [0.2, 0.25) is 5.91 Å². The first kappa shape index (κ1) is 32.7. The minimum Gasteiger partial charge on any atom is -0.444 e. The van der Waals surface area contributed by atoms with Gasteiger partial charge >= 0.3 is 6.09 Å². The summed E-state index contributed by atoms with van der Waals surface area (Å²) < 4.78 is 5.38. The molecule has 2 heterocycles. The van der Waals surface area contributed by atoms with Crippen LogP contribution in [0.5, 0.6) is 0 Å². The van der Waals surface area contributed by atoms with Crippen LogP contribution in [0.15, 0.2) is 30.3 Å². The highest BCUT2D eigenvalue weighted by Crippen LogP contribution is 2.22. The number of aromatic nitrogens is 1. The molecule has 0 aliphatic carbocycles. The Morgan fingerprint density at radius 2 is 1.76 bits per heavy atom. The van der Waals surface area contributed by atoms with Gasteiger partial charge in [-0.1, -0.05) is 46.0 Å². The summed E-state index contributed by atoms with van der Waals surface area (Å²) >= 11 is 5.69. The quantitative estimate of drug-likeness (QED) is 0.332. The summed E-state index contributed by atoms with van der Waals surface area (Å²) in [6.07, 6.45) is 2.34. The summed E-state index contributed by atoms with van der Waals surface area (Å²) in [7, 11) is 0. The summed E-state index contributed by atoms with van der Waals surface area (Å²) in [5.74, 6) is 0.786. The van der Waals surface area contributed by atoms with E-state index in [-0.39, 0.29) is 11.8 Å². The van der Waals surface area contributed by atoms with E-state index in [1.807, 2.05) is 39.5 Å². The molecule has 2 amide bonds. The van der Waals surface area contributed by atoms with Gasteiger partial charge in [0.1, 0.15) is 17.5 Å². The number of ether oxygens (including phenoxy) is 1. The molecule has 2 aromatic rings. The molecule has 0 saturated carbocycles. The standard InChI is InChI=1S/C32H49N5O3S/c1-8-35(9-2)16-10-11-26(41)22-24-12-14-27-25(21-24)13-15-28(33-27)36-17-19-37(20-18-36)30(38)29(23(3)4)34-31(39)40-32(5,6)7/h12-15,21,23,29H,8-11,16-20,22H2,1-7H3,(H,34,39)/t29-/m0/s1. The molecule has 1 aromatic heterocycles. The molecule has 0 radical (unpaired) electrons. The zero-order valence-electron chi connectivity index (χ0n) is 26.0. The van der Waals surface area contributed by atoms with E-state index in [1.54, 1.807) is 0 Å². The van der Waals surface area contributed by atoms with Gasteiger partial charge in [0.25, 0.3) is 0 Å². The van der Waals surface area contributed by atoms with Crippen molar-refractivity contribution in [3.63, 3.8) is 0 Å². The third-order valence-corrected chi connectivity index (χ3v) is 7.83. The zero-order valence-corrected chi connectivity index (χ0v) is 26.9. The maximum Gasteiger partial charge on any atom is 0.408 e. The van der Waals surface area contributed by atoms with Crippen LogP contribution < -0.4 is 10.2 Å². The fraction of sp³-hybridized carbons (Fsp3) is 0.625. The Balaban J connectivity index is 1.55. The second kappa shape index (κ2) is 14.9. The lowest BCUT2D eigenvalue weighted by atomic mass is 10.0. The minimum absolute atomic E-state index is 0.0538. The Kier molecular flexibility index (Phi) is 11.9. The average Bonchev–Trinajstić information content (AvgIpc) is 2.92. The molecule has 1 atom stereocenters. The minimum atomic E-state index is -0.625. The lowest BCUT2D eigenvalue weighted by Gasteiger charge is -2.38. The second-order valence-electron chi connectivity index (χ2n) is 12.2. The molecule has 0 bridgehead atoms. The van der Waals surface area contributed by atoms with Gasteiger partial charge < -0.3 is 24.8 Å². The number of benzene rings is 1. The molecule has 8 nitrogen and oxygen atoms in total. The van der Waals surface area contributed by atoms with Crippen molar-refractivity contribution < 1.29 is 14.3 Å². The van der Waals surface area contributed by atoms with Crippen molar-refractivity contribution in [3.8, 4) is 0 Å². The van der Waals surface area contributed by atoms with Gasteiger partial charge in [-0.3, -0.25) is 4.79 Å². The van der Waals surface area contributed by atoms with Crippen LogP contribution in [-0.4, -0.2) is 89.1 Å². The Bertz CT molecular complexity index is 1180. The highest BCUT2D eigenvalue weighted by molar-refractivity contribution is 7.80. The molecule has 41 heavy (non-hydrogen) atoms. The molecule has 1 fully saturated rings. The molecular weight excluding hydrogens is 534 g/mol. The van der Waals surface area contributed by atoms with Crippen LogP contribution in [0, 0.1) is 5.92 Å². The molecule has 1 saturated heterocycles. The van der Waals surface area contributed by atoms with Crippen molar-refractivity contribution >= 4 is 45.8 Å². The predicted octanol–water partition coefficient (Wildman–Crippen LogP) is 5.47. The van der Waals surface area contributed by atoms with Crippen LogP contribution in [-0.2, 0) is 16.0 Å². The highest BCUT2D eigenvalue weighted by Gasteiger charge is 2.32. The van der Waals surface area contributed by atoms with Crippen LogP contribution in [0.3, 0.4) is 0 Å². The molecule has 226 valence electrons. The SMILES string of the molecule is CCN(CC)CCCC(=S)Cc1ccc2nc(N3CCN(C(=O)[C@@H](NC(=O)OC(C)(C)C)C(C)C)CC3)ccc2c1. The number of amides is 2. The van der Waals surface area contributed by atoms with E-state index in [9.17, 15) is 9.59 Å². The summed E-state index contributed by atoms with van der Waals surface area (Å²) in [6, 6.07) is 9.98. The maximum absolute atomic E-state index is 13.3. The van der Waals surface area contributed by atoms with E-state index in [0.717, 1.165) is 60.5 Å². The van der Waals surface area contributed by atoms with Crippen molar-refractivity contribution in [1.82, 2.24) is 20.1 Å². The first-order valence-corrected chi connectivity index (χ1v) is 15.5. The fourth-order valence-electron chi connectivity index (χ4n) is 5.11. The summed E-state index contributed by atoms with van der Waals surface area (Å²) in [5.41, 5.74) is 1.57. The van der Waals surface area contributed by atoms with Crippen molar-refractivity contribution in [1.29, 1.82) is 0 Å². The molecule has 3 rings (SSSR count). The van der Waals surface area contributed by atoms with Gasteiger partial charge in [0.05, 0.1) is 5.52 Å². The number of rotatable bonds is 12. The molecule has 1 aliphatic rings. The molecule has 1 aromatic carbocycles. The predicted molar refractivity (Wildman–Crippen MR) is 172 cm³/mol. The third kappa shape index (κ3) is 9.92. The van der Waals surface area contributed by atoms with Crippen LogP contribution in [0.4, 0.5) is 10.6 Å². The van der Waals surface area contributed by atoms with Crippen LogP contribution in [0.2, 0.25) is 0 Å². The van der Waals surface area contributed by atoms with E-state index in [1.165, 1.54) is 5.56 Å². The van der Waals surface area contributed by atoms with Crippen molar-refractivity contribution in [2.45, 2.75) is 79.4 Å². The number of nitrogens with zero attached hydrogens (tertiary/aromatic N) is 4. The molecule has 0 unspecified atom stereocenters.